The van der Waals surface area contributed by atoms with Crippen molar-refractivity contribution in [3.05, 3.63) is 59.7 Å². The van der Waals surface area contributed by atoms with Crippen molar-refractivity contribution in [2.75, 3.05) is 19.8 Å². The highest BCUT2D eigenvalue weighted by Crippen LogP contribution is 2.44. The zero-order chi connectivity index (χ0) is 24.9. The highest BCUT2D eigenvalue weighted by Gasteiger charge is 2.39. The molecule has 2 N–H and O–H groups in total. The Hall–Kier alpha value is -3.39. The molecule has 1 aliphatic carbocycles. The lowest BCUT2D eigenvalue weighted by molar-refractivity contribution is -0.144. The number of carbonyl (C=O) groups is 3. The van der Waals surface area contributed by atoms with Crippen LogP contribution in [0, 0.1) is 0 Å². The molecule has 186 valence electrons. The van der Waals surface area contributed by atoms with Gasteiger partial charge >= 0.3 is 12.1 Å². The lowest BCUT2D eigenvalue weighted by Gasteiger charge is -2.31. The SMILES string of the molecule is CC(C)N(CCCC(=O)O)C(=O)C1OCCC1NC(=O)OCC1c2ccccc2-c2ccccc21. The lowest BCUT2D eigenvalue weighted by Crippen LogP contribution is -2.51. The third kappa shape index (κ3) is 5.48. The maximum absolute atomic E-state index is 13.2. The number of hydrogen-bond acceptors (Lipinski definition) is 5. The number of benzene rings is 2. The van der Waals surface area contributed by atoms with Crippen LogP contribution in [0.1, 0.15) is 50.2 Å². The first kappa shape index (κ1) is 24.7. The minimum Gasteiger partial charge on any atom is -0.481 e. The molecule has 2 unspecified atom stereocenters. The first-order valence-corrected chi connectivity index (χ1v) is 12.1. The standard InChI is InChI=1S/C27H32N2O6/c1-17(2)29(14-7-12-24(30)31)26(32)25-23(13-15-34-25)28-27(33)35-16-22-20-10-5-3-8-18(20)19-9-4-6-11-21(19)22/h3-6,8-11,17,22-23,25H,7,12-16H2,1-2H3,(H,28,33)(H,30,31). The Morgan fingerprint density at radius 1 is 1.09 bits per heavy atom. The van der Waals surface area contributed by atoms with Gasteiger partial charge in [-0.3, -0.25) is 9.59 Å². The molecule has 1 aliphatic heterocycles. The van der Waals surface area contributed by atoms with E-state index in [1.165, 1.54) is 0 Å². The largest absolute Gasteiger partial charge is 0.481 e. The van der Waals surface area contributed by atoms with Crippen LogP contribution in [0.2, 0.25) is 0 Å². The Labute approximate surface area is 205 Å². The first-order chi connectivity index (χ1) is 16.9. The zero-order valence-electron chi connectivity index (χ0n) is 20.1. The van der Waals surface area contributed by atoms with E-state index >= 15 is 0 Å². The summed E-state index contributed by atoms with van der Waals surface area (Å²) >= 11 is 0. The normalized spacial score (nSPS) is 18.7. The number of fused-ring (bicyclic) bond motifs is 3. The minimum atomic E-state index is -0.895. The average Bonchev–Trinajstić information content (AvgIpc) is 3.42. The number of carboxylic acid groups (broad SMARTS) is 1. The van der Waals surface area contributed by atoms with Crippen LogP contribution in [0.4, 0.5) is 4.79 Å². The summed E-state index contributed by atoms with van der Waals surface area (Å²) in [6, 6.07) is 15.7. The molecule has 0 aromatic heterocycles. The van der Waals surface area contributed by atoms with Crippen LogP contribution in [0.5, 0.6) is 0 Å². The monoisotopic (exact) mass is 480 g/mol. The van der Waals surface area contributed by atoms with Crippen LogP contribution in [0.15, 0.2) is 48.5 Å². The van der Waals surface area contributed by atoms with E-state index in [0.717, 1.165) is 22.3 Å². The Morgan fingerprint density at radius 3 is 2.31 bits per heavy atom. The van der Waals surface area contributed by atoms with Gasteiger partial charge in [0.25, 0.3) is 5.91 Å². The van der Waals surface area contributed by atoms with Gasteiger partial charge in [0.1, 0.15) is 6.61 Å². The molecule has 1 fully saturated rings. The number of rotatable bonds is 9. The van der Waals surface area contributed by atoms with Gasteiger partial charge in [0.05, 0.1) is 6.04 Å². The highest BCUT2D eigenvalue weighted by molar-refractivity contribution is 5.83. The third-order valence-electron chi connectivity index (χ3n) is 6.68. The van der Waals surface area contributed by atoms with Crippen LogP contribution in [0.25, 0.3) is 11.1 Å². The van der Waals surface area contributed by atoms with Crippen LogP contribution >= 0.6 is 0 Å². The second kappa shape index (κ2) is 10.9. The summed E-state index contributed by atoms with van der Waals surface area (Å²) in [6.45, 7) is 4.62. The fourth-order valence-electron chi connectivity index (χ4n) is 4.96. The zero-order valence-corrected chi connectivity index (χ0v) is 20.1. The van der Waals surface area contributed by atoms with E-state index in [0.29, 0.717) is 26.0 Å². The van der Waals surface area contributed by atoms with Crippen molar-refractivity contribution in [2.45, 2.75) is 57.2 Å². The summed E-state index contributed by atoms with van der Waals surface area (Å²) in [5.41, 5.74) is 4.58. The maximum atomic E-state index is 13.2. The first-order valence-electron chi connectivity index (χ1n) is 12.1. The fourth-order valence-corrected chi connectivity index (χ4v) is 4.96. The van der Waals surface area contributed by atoms with E-state index in [-0.39, 0.29) is 30.9 Å². The van der Waals surface area contributed by atoms with Gasteiger partial charge in [-0.25, -0.2) is 4.79 Å². The van der Waals surface area contributed by atoms with Crippen LogP contribution < -0.4 is 5.32 Å². The molecule has 0 bridgehead atoms. The topological polar surface area (TPSA) is 105 Å². The average molecular weight is 481 g/mol. The second-order valence-electron chi connectivity index (χ2n) is 9.28. The molecule has 1 saturated heterocycles. The molecule has 0 radical (unpaired) electrons. The van der Waals surface area contributed by atoms with Gasteiger partial charge in [0, 0.05) is 31.5 Å². The smallest absolute Gasteiger partial charge is 0.407 e. The van der Waals surface area contributed by atoms with Gasteiger partial charge in [-0.15, -0.1) is 0 Å². The van der Waals surface area contributed by atoms with Gasteiger partial charge in [-0.05, 0) is 48.9 Å². The van der Waals surface area contributed by atoms with Crippen molar-refractivity contribution in [1.29, 1.82) is 0 Å². The number of nitrogens with one attached hydrogen (secondary N) is 1. The van der Waals surface area contributed by atoms with Crippen molar-refractivity contribution < 1.29 is 29.0 Å². The van der Waals surface area contributed by atoms with Crippen molar-refractivity contribution >= 4 is 18.0 Å². The number of aliphatic carboxylic acids is 1. The number of amides is 2. The van der Waals surface area contributed by atoms with E-state index in [1.54, 1.807) is 4.90 Å². The molecule has 2 amide bonds. The molecule has 0 spiro atoms. The molecule has 4 rings (SSSR count). The van der Waals surface area contributed by atoms with Crippen molar-refractivity contribution in [2.24, 2.45) is 0 Å². The molecule has 2 aliphatic rings. The second-order valence-corrected chi connectivity index (χ2v) is 9.28. The fraction of sp³-hybridized carbons (Fsp3) is 0.444. The molecule has 1 heterocycles. The molecular weight excluding hydrogens is 448 g/mol. The highest BCUT2D eigenvalue weighted by atomic mass is 16.6. The van der Waals surface area contributed by atoms with E-state index in [1.807, 2.05) is 38.1 Å². The predicted octanol–water partition coefficient (Wildman–Crippen LogP) is 3.78. The summed E-state index contributed by atoms with van der Waals surface area (Å²) in [7, 11) is 0. The number of carbonyl (C=O) groups excluding carboxylic acids is 2. The van der Waals surface area contributed by atoms with Crippen LogP contribution in [-0.4, -0.2) is 65.9 Å². The summed E-state index contributed by atoms with van der Waals surface area (Å²) in [4.78, 5) is 38.3. The van der Waals surface area contributed by atoms with Gasteiger partial charge in [0.15, 0.2) is 6.10 Å². The van der Waals surface area contributed by atoms with Gasteiger partial charge in [-0.2, -0.15) is 0 Å². The Morgan fingerprint density at radius 2 is 1.71 bits per heavy atom. The quantitative estimate of drug-likeness (QED) is 0.566. The maximum Gasteiger partial charge on any atom is 0.407 e. The summed E-state index contributed by atoms with van der Waals surface area (Å²) in [5, 5.41) is 11.7. The number of hydrogen-bond donors (Lipinski definition) is 2. The third-order valence-corrected chi connectivity index (χ3v) is 6.68. The Kier molecular flexibility index (Phi) is 7.70. The molecule has 35 heavy (non-hydrogen) atoms. The summed E-state index contributed by atoms with van der Waals surface area (Å²) in [6.07, 6.45) is -0.550. The number of alkyl carbamates (subject to hydrolysis) is 1. The van der Waals surface area contributed by atoms with Gasteiger partial charge < -0.3 is 24.8 Å². The minimum absolute atomic E-state index is 0.0105. The van der Waals surface area contributed by atoms with Gasteiger partial charge in [-0.1, -0.05) is 48.5 Å². The van der Waals surface area contributed by atoms with Crippen molar-refractivity contribution in [1.82, 2.24) is 10.2 Å². The lowest BCUT2D eigenvalue weighted by atomic mass is 9.98. The molecular formula is C27H32N2O6. The molecule has 8 heteroatoms. The summed E-state index contributed by atoms with van der Waals surface area (Å²) < 4.78 is 11.3. The Balaban J connectivity index is 1.36. The molecule has 2 aromatic rings. The van der Waals surface area contributed by atoms with Crippen LogP contribution in [0.3, 0.4) is 0 Å². The van der Waals surface area contributed by atoms with Crippen LogP contribution in [-0.2, 0) is 19.1 Å². The number of nitrogens with zero attached hydrogens (tertiary/aromatic N) is 1. The summed E-state index contributed by atoms with van der Waals surface area (Å²) in [5.74, 6) is -1.18. The molecule has 0 saturated carbocycles. The molecule has 2 atom stereocenters. The van der Waals surface area contributed by atoms with E-state index in [2.05, 4.69) is 29.6 Å². The predicted molar refractivity (Wildman–Crippen MR) is 130 cm³/mol. The molecule has 2 aromatic carbocycles. The molecule has 8 nitrogen and oxygen atoms in total. The Bertz CT molecular complexity index is 1040. The number of carboxylic acids is 1. The van der Waals surface area contributed by atoms with Crippen molar-refractivity contribution in [3.63, 3.8) is 0 Å². The van der Waals surface area contributed by atoms with E-state index < -0.39 is 24.2 Å². The van der Waals surface area contributed by atoms with Gasteiger partial charge in [0.2, 0.25) is 0 Å². The van der Waals surface area contributed by atoms with Crippen molar-refractivity contribution in [3.8, 4) is 11.1 Å². The van der Waals surface area contributed by atoms with E-state index in [9.17, 15) is 14.4 Å². The van der Waals surface area contributed by atoms with E-state index in [4.69, 9.17) is 14.6 Å². The number of ether oxygens (including phenoxy) is 2.